The molecule has 0 bridgehead atoms. The third kappa shape index (κ3) is 4.81. The first kappa shape index (κ1) is 25.8. The Labute approximate surface area is 256 Å². The van der Waals surface area contributed by atoms with Crippen molar-refractivity contribution in [1.82, 2.24) is 15.0 Å². The van der Waals surface area contributed by atoms with Crippen molar-refractivity contribution < 1.29 is 0 Å². The van der Waals surface area contributed by atoms with Crippen molar-refractivity contribution >= 4 is 21.5 Å². The van der Waals surface area contributed by atoms with Crippen LogP contribution in [0.2, 0.25) is 0 Å². The molecule has 0 fully saturated rings. The van der Waals surface area contributed by atoms with Crippen molar-refractivity contribution in [2.45, 2.75) is 0 Å². The molecule has 0 amide bonds. The Kier molecular flexibility index (Phi) is 6.47. The van der Waals surface area contributed by atoms with Crippen LogP contribution in [0.3, 0.4) is 0 Å². The minimum atomic E-state index is 0.822. The quantitative estimate of drug-likeness (QED) is 0.196. The van der Waals surface area contributed by atoms with Crippen LogP contribution in [-0.2, 0) is 0 Å². The van der Waals surface area contributed by atoms with E-state index in [2.05, 4.69) is 125 Å². The molecule has 3 aromatic heterocycles. The van der Waals surface area contributed by atoms with Gasteiger partial charge < -0.3 is 0 Å². The summed E-state index contributed by atoms with van der Waals surface area (Å²) in [4.78, 5) is 14.0. The molecule has 3 heteroatoms. The SMILES string of the molecule is c1ccc(-c2cc(-c3ccc(-c4cccc(-c5cc6ccccc6c6ccccc56)c4)cc3)cc(-c3ccccn3)n2)nc1. The largest absolute Gasteiger partial charge is 0.255 e. The Morgan fingerprint density at radius 2 is 0.886 bits per heavy atom. The van der Waals surface area contributed by atoms with Gasteiger partial charge in [-0.3, -0.25) is 9.97 Å². The first-order valence-electron chi connectivity index (χ1n) is 14.8. The Morgan fingerprint density at radius 1 is 0.318 bits per heavy atom. The van der Waals surface area contributed by atoms with Gasteiger partial charge in [0.05, 0.1) is 22.8 Å². The van der Waals surface area contributed by atoms with Crippen molar-refractivity contribution in [2.75, 3.05) is 0 Å². The Hall–Kier alpha value is -5.93. The molecule has 206 valence electrons. The maximum absolute atomic E-state index is 4.92. The van der Waals surface area contributed by atoms with Gasteiger partial charge in [-0.2, -0.15) is 0 Å². The zero-order valence-corrected chi connectivity index (χ0v) is 23.9. The molecule has 8 rings (SSSR count). The zero-order chi connectivity index (χ0) is 29.3. The minimum Gasteiger partial charge on any atom is -0.255 e. The molecule has 0 aliphatic heterocycles. The van der Waals surface area contributed by atoms with Crippen LogP contribution in [0.25, 0.3) is 77.7 Å². The summed E-state index contributed by atoms with van der Waals surface area (Å²) in [5.41, 5.74) is 10.3. The van der Waals surface area contributed by atoms with Gasteiger partial charge >= 0.3 is 0 Å². The maximum atomic E-state index is 4.92. The molecule has 3 nitrogen and oxygen atoms in total. The number of benzene rings is 5. The van der Waals surface area contributed by atoms with Crippen molar-refractivity contribution in [3.05, 3.63) is 164 Å². The number of rotatable bonds is 5. The molecule has 0 unspecified atom stereocenters. The molecule has 0 atom stereocenters. The van der Waals surface area contributed by atoms with Crippen molar-refractivity contribution in [3.63, 3.8) is 0 Å². The molecule has 0 saturated heterocycles. The van der Waals surface area contributed by atoms with Crippen LogP contribution in [0.4, 0.5) is 0 Å². The summed E-state index contributed by atoms with van der Waals surface area (Å²) in [6, 6.07) is 53.3. The van der Waals surface area contributed by atoms with E-state index in [4.69, 9.17) is 4.98 Å². The van der Waals surface area contributed by atoms with E-state index in [1.165, 1.54) is 43.8 Å². The maximum Gasteiger partial charge on any atom is 0.0900 e. The van der Waals surface area contributed by atoms with Crippen molar-refractivity contribution in [2.24, 2.45) is 0 Å². The number of hydrogen-bond donors (Lipinski definition) is 0. The molecule has 3 heterocycles. The van der Waals surface area contributed by atoms with Gasteiger partial charge in [0.1, 0.15) is 0 Å². The highest BCUT2D eigenvalue weighted by molar-refractivity contribution is 6.13. The molecular formula is C41H27N3. The average molecular weight is 562 g/mol. The second kappa shape index (κ2) is 11.0. The number of pyridine rings is 3. The fourth-order valence-electron chi connectivity index (χ4n) is 6.00. The van der Waals surface area contributed by atoms with Gasteiger partial charge in [-0.15, -0.1) is 0 Å². The summed E-state index contributed by atoms with van der Waals surface area (Å²) < 4.78 is 0. The van der Waals surface area contributed by atoms with E-state index in [-0.39, 0.29) is 0 Å². The average Bonchev–Trinajstić information content (AvgIpc) is 3.12. The molecule has 5 aromatic carbocycles. The summed E-state index contributed by atoms with van der Waals surface area (Å²) in [5, 5.41) is 5.09. The van der Waals surface area contributed by atoms with Gasteiger partial charge in [-0.1, -0.05) is 103 Å². The van der Waals surface area contributed by atoms with Crippen LogP contribution in [0, 0.1) is 0 Å². The first-order valence-corrected chi connectivity index (χ1v) is 14.8. The van der Waals surface area contributed by atoms with E-state index in [1.54, 1.807) is 12.4 Å². The third-order valence-corrected chi connectivity index (χ3v) is 8.17. The van der Waals surface area contributed by atoms with E-state index in [0.717, 1.165) is 33.9 Å². The smallest absolute Gasteiger partial charge is 0.0900 e. The Bertz CT molecular complexity index is 2200. The lowest BCUT2D eigenvalue weighted by atomic mass is 9.91. The predicted molar refractivity (Wildman–Crippen MR) is 182 cm³/mol. The molecule has 0 saturated carbocycles. The minimum absolute atomic E-state index is 0.822. The van der Waals surface area contributed by atoms with Gasteiger partial charge in [0.15, 0.2) is 0 Å². The second-order valence-corrected chi connectivity index (χ2v) is 10.9. The molecule has 0 spiro atoms. The van der Waals surface area contributed by atoms with Crippen LogP contribution >= 0.6 is 0 Å². The molecular weight excluding hydrogens is 534 g/mol. The second-order valence-electron chi connectivity index (χ2n) is 10.9. The van der Waals surface area contributed by atoms with Gasteiger partial charge in [0, 0.05) is 12.4 Å². The van der Waals surface area contributed by atoms with E-state index in [9.17, 15) is 0 Å². The number of hydrogen-bond acceptors (Lipinski definition) is 3. The van der Waals surface area contributed by atoms with E-state index in [1.807, 2.05) is 36.4 Å². The molecule has 0 aliphatic rings. The number of fused-ring (bicyclic) bond motifs is 3. The lowest BCUT2D eigenvalue weighted by Gasteiger charge is -2.13. The first-order chi connectivity index (χ1) is 21.8. The van der Waals surface area contributed by atoms with E-state index >= 15 is 0 Å². The summed E-state index contributed by atoms with van der Waals surface area (Å²) in [6.07, 6.45) is 3.60. The molecule has 0 aliphatic carbocycles. The van der Waals surface area contributed by atoms with Crippen LogP contribution in [0.5, 0.6) is 0 Å². The highest BCUT2D eigenvalue weighted by Gasteiger charge is 2.12. The Morgan fingerprint density at radius 3 is 1.55 bits per heavy atom. The highest BCUT2D eigenvalue weighted by Crippen LogP contribution is 2.37. The standard InChI is InChI=1S/C41H27N3/c1-2-13-34-32(10-1)25-37(36-15-4-3-14-35(34)36)31-12-9-11-30(24-31)28-18-20-29(21-19-28)33-26-40(38-16-5-7-22-42-38)44-41(27-33)39-17-6-8-23-43-39/h1-27H. The van der Waals surface area contributed by atoms with Gasteiger partial charge in [-0.25, -0.2) is 4.98 Å². The predicted octanol–water partition coefficient (Wildman–Crippen LogP) is 10.5. The molecule has 44 heavy (non-hydrogen) atoms. The normalized spacial score (nSPS) is 11.2. The van der Waals surface area contributed by atoms with E-state index in [0.29, 0.717) is 0 Å². The van der Waals surface area contributed by atoms with E-state index < -0.39 is 0 Å². The summed E-state index contributed by atoms with van der Waals surface area (Å²) in [5.74, 6) is 0. The Balaban J connectivity index is 1.19. The topological polar surface area (TPSA) is 38.7 Å². The fraction of sp³-hybridized carbons (Fsp3) is 0. The third-order valence-electron chi connectivity index (χ3n) is 8.17. The zero-order valence-electron chi connectivity index (χ0n) is 23.9. The molecule has 0 N–H and O–H groups in total. The monoisotopic (exact) mass is 561 g/mol. The van der Waals surface area contributed by atoms with Crippen LogP contribution in [-0.4, -0.2) is 15.0 Å². The van der Waals surface area contributed by atoms with Crippen molar-refractivity contribution in [1.29, 1.82) is 0 Å². The summed E-state index contributed by atoms with van der Waals surface area (Å²) in [6.45, 7) is 0. The summed E-state index contributed by atoms with van der Waals surface area (Å²) in [7, 11) is 0. The lowest BCUT2D eigenvalue weighted by molar-refractivity contribution is 1.22. The van der Waals surface area contributed by atoms with Gasteiger partial charge in [-0.05, 0) is 103 Å². The molecule has 0 radical (unpaired) electrons. The van der Waals surface area contributed by atoms with Gasteiger partial charge in [0.25, 0.3) is 0 Å². The van der Waals surface area contributed by atoms with Crippen LogP contribution < -0.4 is 0 Å². The van der Waals surface area contributed by atoms with Crippen LogP contribution in [0.15, 0.2) is 164 Å². The fourth-order valence-corrected chi connectivity index (χ4v) is 6.00. The van der Waals surface area contributed by atoms with Crippen molar-refractivity contribution in [3.8, 4) is 56.2 Å². The number of nitrogens with zero attached hydrogens (tertiary/aromatic N) is 3. The highest BCUT2D eigenvalue weighted by atomic mass is 14.8. The van der Waals surface area contributed by atoms with Gasteiger partial charge in [0.2, 0.25) is 0 Å². The number of aromatic nitrogens is 3. The lowest BCUT2D eigenvalue weighted by Crippen LogP contribution is -1.94. The molecule has 8 aromatic rings. The summed E-state index contributed by atoms with van der Waals surface area (Å²) >= 11 is 0. The van der Waals surface area contributed by atoms with Crippen LogP contribution in [0.1, 0.15) is 0 Å².